The Balaban J connectivity index is 1.42. The van der Waals surface area contributed by atoms with Crippen LogP contribution in [0, 0.1) is 13.8 Å². The average molecular weight is 363 g/mol. The molecule has 6 nitrogen and oxygen atoms in total. The third-order valence-electron chi connectivity index (χ3n) is 4.89. The first-order valence-corrected chi connectivity index (χ1v) is 9.04. The molecule has 3 aromatic rings. The molecule has 1 saturated heterocycles. The minimum absolute atomic E-state index is 0.0145. The molecule has 0 spiro atoms. The van der Waals surface area contributed by atoms with Gasteiger partial charge in [-0.3, -0.25) is 9.59 Å². The largest absolute Gasteiger partial charge is 0.441 e. The zero-order chi connectivity index (χ0) is 19.0. The van der Waals surface area contributed by atoms with Crippen molar-refractivity contribution < 1.29 is 14.0 Å². The number of carbonyl (C=O) groups excluding carboxylic acids is 2. The van der Waals surface area contributed by atoms with Crippen LogP contribution < -0.4 is 0 Å². The Morgan fingerprint density at radius 3 is 2.04 bits per heavy atom. The molecule has 2 aromatic carbocycles. The van der Waals surface area contributed by atoms with Gasteiger partial charge in [0.2, 0.25) is 0 Å². The Labute approximate surface area is 157 Å². The molecule has 0 unspecified atom stereocenters. The third kappa shape index (κ3) is 3.43. The number of hydrogen-bond donors (Lipinski definition) is 0. The maximum atomic E-state index is 12.8. The molecule has 0 N–H and O–H groups in total. The van der Waals surface area contributed by atoms with Crippen molar-refractivity contribution in [2.45, 2.75) is 13.8 Å². The number of aryl methyl sites for hydroxylation is 2. The topological polar surface area (TPSA) is 66.7 Å². The number of fused-ring (bicyclic) bond motifs is 1. The second-order valence-electron chi connectivity index (χ2n) is 6.87. The van der Waals surface area contributed by atoms with Crippen molar-refractivity contribution in [3.63, 3.8) is 0 Å². The predicted octanol–water partition coefficient (Wildman–Crippen LogP) is 3.04. The first kappa shape index (κ1) is 17.3. The van der Waals surface area contributed by atoms with E-state index in [1.807, 2.05) is 31.2 Å². The number of nitrogens with zero attached hydrogens (tertiary/aromatic N) is 3. The van der Waals surface area contributed by atoms with E-state index in [1.165, 1.54) is 0 Å². The highest BCUT2D eigenvalue weighted by Gasteiger charge is 2.25. The van der Waals surface area contributed by atoms with Crippen molar-refractivity contribution in [3.05, 3.63) is 65.0 Å². The summed E-state index contributed by atoms with van der Waals surface area (Å²) in [5, 5.41) is 0. The fraction of sp³-hybridized carbons (Fsp3) is 0.286. The van der Waals surface area contributed by atoms with Gasteiger partial charge in [-0.1, -0.05) is 17.7 Å². The number of rotatable bonds is 2. The second kappa shape index (κ2) is 6.87. The zero-order valence-corrected chi connectivity index (χ0v) is 15.4. The summed E-state index contributed by atoms with van der Waals surface area (Å²) < 4.78 is 5.52. The van der Waals surface area contributed by atoms with Gasteiger partial charge in [-0.2, -0.15) is 0 Å². The van der Waals surface area contributed by atoms with Crippen LogP contribution >= 0.6 is 0 Å². The molecule has 2 heterocycles. The molecule has 1 fully saturated rings. The number of amides is 2. The monoisotopic (exact) mass is 363 g/mol. The van der Waals surface area contributed by atoms with Gasteiger partial charge in [0.1, 0.15) is 5.52 Å². The Morgan fingerprint density at radius 2 is 1.41 bits per heavy atom. The fourth-order valence-corrected chi connectivity index (χ4v) is 3.35. The van der Waals surface area contributed by atoms with Crippen LogP contribution in [0.1, 0.15) is 32.2 Å². The normalized spacial score (nSPS) is 14.6. The van der Waals surface area contributed by atoms with Crippen LogP contribution in [0.4, 0.5) is 0 Å². The van der Waals surface area contributed by atoms with E-state index in [0.29, 0.717) is 48.8 Å². The molecule has 1 aliphatic rings. The SMILES string of the molecule is Cc1ccc(C(=O)N2CCN(C(=O)c3ccc4nc(C)oc4c3)CC2)cc1. The molecule has 138 valence electrons. The van der Waals surface area contributed by atoms with Crippen molar-refractivity contribution in [2.24, 2.45) is 0 Å². The minimum atomic E-state index is -0.0478. The van der Waals surface area contributed by atoms with Gasteiger partial charge >= 0.3 is 0 Å². The summed E-state index contributed by atoms with van der Waals surface area (Å²) in [6, 6.07) is 12.9. The molecular formula is C21H21N3O3. The van der Waals surface area contributed by atoms with Crippen LogP contribution in [0.15, 0.2) is 46.9 Å². The smallest absolute Gasteiger partial charge is 0.254 e. The van der Waals surface area contributed by atoms with Crippen molar-refractivity contribution in [1.82, 2.24) is 14.8 Å². The molecule has 0 radical (unpaired) electrons. The molecule has 1 aromatic heterocycles. The summed E-state index contributed by atoms with van der Waals surface area (Å²) in [4.78, 5) is 33.2. The van der Waals surface area contributed by atoms with E-state index in [1.54, 1.807) is 34.9 Å². The molecule has 0 saturated carbocycles. The van der Waals surface area contributed by atoms with Gasteiger partial charge in [-0.25, -0.2) is 4.98 Å². The fourth-order valence-electron chi connectivity index (χ4n) is 3.35. The summed E-state index contributed by atoms with van der Waals surface area (Å²) in [7, 11) is 0. The van der Waals surface area contributed by atoms with E-state index in [2.05, 4.69) is 4.98 Å². The van der Waals surface area contributed by atoms with E-state index in [4.69, 9.17) is 4.42 Å². The Morgan fingerprint density at radius 1 is 0.852 bits per heavy atom. The lowest BCUT2D eigenvalue weighted by atomic mass is 10.1. The Bertz CT molecular complexity index is 999. The average Bonchev–Trinajstić information content (AvgIpc) is 3.07. The summed E-state index contributed by atoms with van der Waals surface area (Å²) in [6.45, 7) is 5.87. The maximum Gasteiger partial charge on any atom is 0.254 e. The van der Waals surface area contributed by atoms with E-state index < -0.39 is 0 Å². The lowest BCUT2D eigenvalue weighted by Gasteiger charge is -2.34. The molecule has 27 heavy (non-hydrogen) atoms. The van der Waals surface area contributed by atoms with Crippen LogP contribution in [0.3, 0.4) is 0 Å². The second-order valence-corrected chi connectivity index (χ2v) is 6.87. The Kier molecular flexibility index (Phi) is 4.39. The molecule has 1 aliphatic heterocycles. The van der Waals surface area contributed by atoms with Gasteiger partial charge in [0.15, 0.2) is 11.5 Å². The van der Waals surface area contributed by atoms with Crippen molar-refractivity contribution in [2.75, 3.05) is 26.2 Å². The quantitative estimate of drug-likeness (QED) is 0.702. The zero-order valence-electron chi connectivity index (χ0n) is 15.4. The van der Waals surface area contributed by atoms with E-state index in [9.17, 15) is 9.59 Å². The van der Waals surface area contributed by atoms with E-state index >= 15 is 0 Å². The number of piperazine rings is 1. The third-order valence-corrected chi connectivity index (χ3v) is 4.89. The molecule has 0 atom stereocenters. The molecule has 0 bridgehead atoms. The molecular weight excluding hydrogens is 342 g/mol. The molecule has 4 rings (SSSR count). The van der Waals surface area contributed by atoms with Gasteiger partial charge in [0.25, 0.3) is 11.8 Å². The minimum Gasteiger partial charge on any atom is -0.441 e. The summed E-state index contributed by atoms with van der Waals surface area (Å²) in [6.07, 6.45) is 0. The van der Waals surface area contributed by atoms with Gasteiger partial charge in [0.05, 0.1) is 0 Å². The van der Waals surface area contributed by atoms with Crippen LogP contribution in [0.2, 0.25) is 0 Å². The number of hydrogen-bond acceptors (Lipinski definition) is 4. The molecule has 2 amide bonds. The van der Waals surface area contributed by atoms with Crippen molar-refractivity contribution >= 4 is 22.9 Å². The van der Waals surface area contributed by atoms with Crippen LogP contribution in [-0.2, 0) is 0 Å². The van der Waals surface area contributed by atoms with Crippen LogP contribution in [0.5, 0.6) is 0 Å². The highest BCUT2D eigenvalue weighted by Crippen LogP contribution is 2.19. The summed E-state index contributed by atoms with van der Waals surface area (Å²) in [5.74, 6) is 0.548. The van der Waals surface area contributed by atoms with Crippen LogP contribution in [-0.4, -0.2) is 52.8 Å². The standard InChI is InChI=1S/C21H21N3O3/c1-14-3-5-16(6-4-14)20(25)23-9-11-24(12-10-23)21(26)17-7-8-18-19(13-17)27-15(2)22-18/h3-8,13H,9-12H2,1-2H3. The predicted molar refractivity (Wildman–Crippen MR) is 102 cm³/mol. The Hall–Kier alpha value is -3.15. The van der Waals surface area contributed by atoms with Gasteiger partial charge in [0, 0.05) is 44.2 Å². The number of benzene rings is 2. The number of aromatic nitrogens is 1. The first-order valence-electron chi connectivity index (χ1n) is 9.04. The van der Waals surface area contributed by atoms with Crippen molar-refractivity contribution in [1.29, 1.82) is 0 Å². The lowest BCUT2D eigenvalue weighted by Crippen LogP contribution is -2.50. The molecule has 0 aliphatic carbocycles. The highest BCUT2D eigenvalue weighted by atomic mass is 16.3. The van der Waals surface area contributed by atoms with Gasteiger partial charge in [-0.15, -0.1) is 0 Å². The van der Waals surface area contributed by atoms with E-state index in [0.717, 1.165) is 11.1 Å². The molecule has 6 heteroatoms. The van der Waals surface area contributed by atoms with Gasteiger partial charge < -0.3 is 14.2 Å². The highest BCUT2D eigenvalue weighted by molar-refractivity contribution is 5.97. The number of carbonyl (C=O) groups is 2. The van der Waals surface area contributed by atoms with E-state index in [-0.39, 0.29) is 11.8 Å². The first-order chi connectivity index (χ1) is 13.0. The van der Waals surface area contributed by atoms with Gasteiger partial charge in [-0.05, 0) is 37.3 Å². The van der Waals surface area contributed by atoms with Crippen LogP contribution in [0.25, 0.3) is 11.1 Å². The maximum absolute atomic E-state index is 12.8. The summed E-state index contributed by atoms with van der Waals surface area (Å²) >= 11 is 0. The van der Waals surface area contributed by atoms with Crippen molar-refractivity contribution in [3.8, 4) is 0 Å². The lowest BCUT2D eigenvalue weighted by molar-refractivity contribution is 0.0535. The summed E-state index contributed by atoms with van der Waals surface area (Å²) in [5.41, 5.74) is 3.76. The number of oxazole rings is 1.